The number of hydrogen-bond donors (Lipinski definition) is 1. The van der Waals surface area contributed by atoms with Crippen LogP contribution >= 0.6 is 15.9 Å². The highest BCUT2D eigenvalue weighted by atomic mass is 79.9. The van der Waals surface area contributed by atoms with Gasteiger partial charge in [0.05, 0.1) is 18.8 Å². The van der Waals surface area contributed by atoms with Crippen molar-refractivity contribution in [1.82, 2.24) is 4.72 Å². The van der Waals surface area contributed by atoms with Crippen molar-refractivity contribution in [2.45, 2.75) is 19.8 Å². The zero-order chi connectivity index (χ0) is 11.7. The quantitative estimate of drug-likeness (QED) is 0.406. The van der Waals surface area contributed by atoms with Gasteiger partial charge >= 0.3 is 5.97 Å². The summed E-state index contributed by atoms with van der Waals surface area (Å²) in [6, 6.07) is 0. The molecule has 0 radical (unpaired) electrons. The lowest BCUT2D eigenvalue weighted by molar-refractivity contribution is -0.142. The maximum Gasteiger partial charge on any atom is 0.306 e. The fraction of sp³-hybridized carbons (Fsp3) is 0.875. The van der Waals surface area contributed by atoms with Gasteiger partial charge in [-0.3, -0.25) is 4.79 Å². The highest BCUT2D eigenvalue weighted by molar-refractivity contribution is 9.09. The molecule has 0 aromatic carbocycles. The van der Waals surface area contributed by atoms with Gasteiger partial charge < -0.3 is 4.74 Å². The van der Waals surface area contributed by atoms with E-state index < -0.39 is 16.0 Å². The summed E-state index contributed by atoms with van der Waals surface area (Å²) >= 11 is 3.19. The van der Waals surface area contributed by atoms with Crippen LogP contribution in [0.2, 0.25) is 0 Å². The summed E-state index contributed by atoms with van der Waals surface area (Å²) in [4.78, 5) is 10.9. The van der Waals surface area contributed by atoms with Crippen LogP contribution in [0.4, 0.5) is 0 Å². The highest BCUT2D eigenvalue weighted by Gasteiger charge is 2.12. The number of esters is 1. The molecule has 0 rings (SSSR count). The maximum atomic E-state index is 11.3. The molecule has 0 spiro atoms. The predicted molar refractivity (Wildman–Crippen MR) is 61.5 cm³/mol. The maximum absolute atomic E-state index is 11.3. The summed E-state index contributed by atoms with van der Waals surface area (Å²) in [5, 5.41) is 0.743. The van der Waals surface area contributed by atoms with E-state index in [0.717, 1.165) is 11.8 Å². The molecular formula is C8H16BrNO4S. The van der Waals surface area contributed by atoms with Crippen LogP contribution < -0.4 is 4.72 Å². The molecule has 7 heteroatoms. The smallest absolute Gasteiger partial charge is 0.306 e. The monoisotopic (exact) mass is 301 g/mol. The van der Waals surface area contributed by atoms with Gasteiger partial charge in [-0.15, -0.1) is 0 Å². The van der Waals surface area contributed by atoms with Crippen LogP contribution in [0, 0.1) is 0 Å². The fourth-order valence-corrected chi connectivity index (χ4v) is 2.13. The summed E-state index contributed by atoms with van der Waals surface area (Å²) in [7, 11) is -3.34. The third kappa shape index (κ3) is 8.83. The molecule has 0 atom stereocenters. The first kappa shape index (κ1) is 14.9. The van der Waals surface area contributed by atoms with Crippen LogP contribution in [-0.4, -0.2) is 38.6 Å². The molecule has 90 valence electrons. The number of ether oxygens (including phenoxy) is 1. The zero-order valence-corrected chi connectivity index (χ0v) is 11.1. The number of nitrogens with one attached hydrogen (secondary N) is 1. The number of sulfonamides is 1. The number of rotatable bonds is 8. The average molecular weight is 302 g/mol. The van der Waals surface area contributed by atoms with Gasteiger partial charge in [0.15, 0.2) is 0 Å². The lowest BCUT2D eigenvalue weighted by Crippen LogP contribution is -2.28. The molecule has 0 unspecified atom stereocenters. The summed E-state index contributed by atoms with van der Waals surface area (Å²) < 4.78 is 29.6. The molecule has 15 heavy (non-hydrogen) atoms. The minimum atomic E-state index is -3.34. The average Bonchev–Trinajstić information content (AvgIpc) is 2.16. The van der Waals surface area contributed by atoms with Crippen molar-refractivity contribution in [1.29, 1.82) is 0 Å². The van der Waals surface area contributed by atoms with Gasteiger partial charge in [0.25, 0.3) is 0 Å². The normalized spacial score (nSPS) is 11.3. The van der Waals surface area contributed by atoms with Crippen molar-refractivity contribution in [3.05, 3.63) is 0 Å². The van der Waals surface area contributed by atoms with Crippen molar-refractivity contribution in [3.63, 3.8) is 0 Å². The van der Waals surface area contributed by atoms with Crippen LogP contribution in [0.1, 0.15) is 19.8 Å². The predicted octanol–water partition coefficient (Wildman–Crippen LogP) is 0.644. The molecule has 0 aliphatic carbocycles. The number of halogens is 1. The molecule has 0 saturated carbocycles. The zero-order valence-electron chi connectivity index (χ0n) is 8.66. The van der Waals surface area contributed by atoms with Crippen LogP contribution in [0.3, 0.4) is 0 Å². The van der Waals surface area contributed by atoms with E-state index in [1.54, 1.807) is 6.92 Å². The molecule has 0 aromatic heterocycles. The third-order valence-corrected chi connectivity index (χ3v) is 3.46. The number of carbonyl (C=O) groups is 1. The second kappa shape index (κ2) is 8.06. The van der Waals surface area contributed by atoms with E-state index >= 15 is 0 Å². The molecule has 1 N–H and O–H groups in total. The minimum absolute atomic E-state index is 0.0997. The Balaban J connectivity index is 3.78. The van der Waals surface area contributed by atoms with Gasteiger partial charge in [0.1, 0.15) is 0 Å². The Morgan fingerprint density at radius 2 is 2.13 bits per heavy atom. The van der Waals surface area contributed by atoms with E-state index in [0.29, 0.717) is 6.54 Å². The van der Waals surface area contributed by atoms with E-state index in [9.17, 15) is 13.2 Å². The molecular weight excluding hydrogens is 286 g/mol. The Hall–Kier alpha value is -0.140. The van der Waals surface area contributed by atoms with Gasteiger partial charge in [-0.1, -0.05) is 15.9 Å². The van der Waals surface area contributed by atoms with Crippen molar-refractivity contribution in [2.75, 3.05) is 24.2 Å². The summed E-state index contributed by atoms with van der Waals surface area (Å²) in [6.07, 6.45) is 0.621. The Labute approximate surface area is 98.7 Å². The number of carbonyl (C=O) groups excluding carboxylic acids is 1. The lowest BCUT2D eigenvalue weighted by Gasteiger charge is -2.05. The first-order chi connectivity index (χ1) is 7.02. The summed E-state index contributed by atoms with van der Waals surface area (Å²) in [5.74, 6) is -0.697. The molecule has 0 bridgehead atoms. The van der Waals surface area contributed by atoms with E-state index in [-0.39, 0.29) is 18.8 Å². The molecule has 0 amide bonds. The second-order valence-corrected chi connectivity index (χ2v) is 5.53. The van der Waals surface area contributed by atoms with E-state index in [1.165, 1.54) is 0 Å². The topological polar surface area (TPSA) is 72.5 Å². The SMILES string of the molecule is CCOC(=O)CCS(=O)(=O)NCCCBr. The van der Waals surface area contributed by atoms with Crippen LogP contribution in [0.15, 0.2) is 0 Å². The largest absolute Gasteiger partial charge is 0.466 e. The highest BCUT2D eigenvalue weighted by Crippen LogP contribution is 1.94. The molecule has 0 aliphatic rings. The molecule has 0 aliphatic heterocycles. The Kier molecular flexibility index (Phi) is 7.99. The molecule has 0 saturated heterocycles. The first-order valence-corrected chi connectivity index (χ1v) is 7.48. The second-order valence-electron chi connectivity index (χ2n) is 2.81. The van der Waals surface area contributed by atoms with E-state index in [2.05, 4.69) is 25.4 Å². The van der Waals surface area contributed by atoms with Crippen molar-refractivity contribution < 1.29 is 17.9 Å². The third-order valence-electron chi connectivity index (χ3n) is 1.51. The molecule has 0 heterocycles. The van der Waals surface area contributed by atoms with Gasteiger partial charge in [-0.2, -0.15) is 0 Å². The Morgan fingerprint density at radius 1 is 1.47 bits per heavy atom. The van der Waals surface area contributed by atoms with Gasteiger partial charge in [0.2, 0.25) is 10.0 Å². The Bertz CT molecular complexity index is 278. The van der Waals surface area contributed by atoms with Gasteiger partial charge in [0, 0.05) is 11.9 Å². The molecule has 0 aromatic rings. The molecule has 0 fully saturated rings. The van der Waals surface area contributed by atoms with E-state index in [4.69, 9.17) is 0 Å². The van der Waals surface area contributed by atoms with E-state index in [1.807, 2.05) is 0 Å². The summed E-state index contributed by atoms with van der Waals surface area (Å²) in [5.41, 5.74) is 0. The molecule has 5 nitrogen and oxygen atoms in total. The first-order valence-electron chi connectivity index (χ1n) is 4.70. The summed E-state index contributed by atoms with van der Waals surface area (Å²) in [6.45, 7) is 2.34. The van der Waals surface area contributed by atoms with Gasteiger partial charge in [-0.05, 0) is 13.3 Å². The van der Waals surface area contributed by atoms with Crippen molar-refractivity contribution in [2.24, 2.45) is 0 Å². The number of alkyl halides is 1. The van der Waals surface area contributed by atoms with Crippen molar-refractivity contribution >= 4 is 31.9 Å². The van der Waals surface area contributed by atoms with Crippen LogP contribution in [-0.2, 0) is 19.6 Å². The Morgan fingerprint density at radius 3 is 2.67 bits per heavy atom. The van der Waals surface area contributed by atoms with Crippen LogP contribution in [0.5, 0.6) is 0 Å². The fourth-order valence-electron chi connectivity index (χ4n) is 0.818. The number of hydrogen-bond acceptors (Lipinski definition) is 4. The minimum Gasteiger partial charge on any atom is -0.466 e. The lowest BCUT2D eigenvalue weighted by atomic mass is 10.5. The van der Waals surface area contributed by atoms with Crippen molar-refractivity contribution in [3.8, 4) is 0 Å². The standard InChI is InChI=1S/C8H16BrNO4S/c1-2-14-8(11)4-7-15(12,13)10-6-3-5-9/h10H,2-7H2,1H3. The van der Waals surface area contributed by atoms with Crippen LogP contribution in [0.25, 0.3) is 0 Å². The van der Waals surface area contributed by atoms with Gasteiger partial charge in [-0.25, -0.2) is 13.1 Å².